The topological polar surface area (TPSA) is 63.7 Å². The normalized spacial score (nSPS) is 11.5. The van der Waals surface area contributed by atoms with Crippen molar-refractivity contribution >= 4 is 16.0 Å². The zero-order valence-corrected chi connectivity index (χ0v) is 11.3. The van der Waals surface area contributed by atoms with Crippen molar-refractivity contribution in [2.75, 3.05) is 26.5 Å². The van der Waals surface area contributed by atoms with Crippen LogP contribution < -0.4 is 0 Å². The number of ether oxygens (including phenoxy) is 1. The smallest absolute Gasteiger partial charge is 0.321 e. The maximum Gasteiger partial charge on any atom is 0.321 e. The molecule has 0 saturated carbocycles. The molecule has 0 bridgehead atoms. The molecule has 0 heterocycles. The monoisotopic (exact) mass is 271 g/mol. The van der Waals surface area contributed by atoms with Crippen LogP contribution >= 0.6 is 0 Å². The zero-order chi connectivity index (χ0) is 13.6. The van der Waals surface area contributed by atoms with Crippen LogP contribution in [0, 0.1) is 0 Å². The minimum atomic E-state index is -3.41. The lowest BCUT2D eigenvalue weighted by Gasteiger charge is -2.18. The van der Waals surface area contributed by atoms with Gasteiger partial charge in [0.1, 0.15) is 6.54 Å². The summed E-state index contributed by atoms with van der Waals surface area (Å²) in [5.41, 5.74) is 1.02. The zero-order valence-electron chi connectivity index (χ0n) is 10.5. The Morgan fingerprint density at radius 2 is 1.89 bits per heavy atom. The maximum absolute atomic E-state index is 11.5. The van der Waals surface area contributed by atoms with Gasteiger partial charge in [0.05, 0.1) is 13.4 Å². The van der Waals surface area contributed by atoms with E-state index in [1.807, 2.05) is 30.3 Å². The molecule has 6 heteroatoms. The number of benzene rings is 1. The molecule has 0 aliphatic rings. The predicted molar refractivity (Wildman–Crippen MR) is 68.6 cm³/mol. The molecule has 1 aromatic rings. The van der Waals surface area contributed by atoms with Crippen LogP contribution in [-0.2, 0) is 26.0 Å². The summed E-state index contributed by atoms with van der Waals surface area (Å²) >= 11 is 0. The Balaban J connectivity index is 2.66. The summed E-state index contributed by atoms with van der Waals surface area (Å²) in [6.45, 7) is 0.0140. The Morgan fingerprint density at radius 1 is 1.28 bits per heavy atom. The lowest BCUT2D eigenvalue weighted by Crippen LogP contribution is -2.36. The maximum atomic E-state index is 11.5. The van der Waals surface area contributed by atoms with E-state index in [1.54, 1.807) is 0 Å². The number of rotatable bonds is 6. The van der Waals surface area contributed by atoms with Gasteiger partial charge < -0.3 is 4.74 Å². The highest BCUT2D eigenvalue weighted by Gasteiger charge is 2.20. The molecule has 0 aromatic heterocycles. The number of carbonyl (C=O) groups is 1. The number of nitrogens with zero attached hydrogens (tertiary/aromatic N) is 1. The largest absolute Gasteiger partial charge is 0.468 e. The molecule has 0 saturated heterocycles. The van der Waals surface area contributed by atoms with Crippen molar-refractivity contribution < 1.29 is 17.9 Å². The van der Waals surface area contributed by atoms with Crippen LogP contribution in [0.5, 0.6) is 0 Å². The van der Waals surface area contributed by atoms with Gasteiger partial charge in [-0.25, -0.2) is 8.42 Å². The Bertz CT molecular complexity index is 484. The number of carbonyl (C=O) groups excluding carboxylic acids is 1. The van der Waals surface area contributed by atoms with E-state index in [2.05, 4.69) is 4.74 Å². The van der Waals surface area contributed by atoms with Crippen LogP contribution in [0.2, 0.25) is 0 Å². The van der Waals surface area contributed by atoms with Gasteiger partial charge >= 0.3 is 5.97 Å². The highest BCUT2D eigenvalue weighted by Crippen LogP contribution is 2.04. The van der Waals surface area contributed by atoms with Gasteiger partial charge in [-0.2, -0.15) is 4.31 Å². The van der Waals surface area contributed by atoms with Crippen LogP contribution in [0.15, 0.2) is 30.3 Å². The average molecular weight is 271 g/mol. The van der Waals surface area contributed by atoms with Gasteiger partial charge in [0.15, 0.2) is 0 Å². The Labute approximate surface area is 107 Å². The highest BCUT2D eigenvalue weighted by atomic mass is 32.2. The van der Waals surface area contributed by atoms with Crippen molar-refractivity contribution in [3.8, 4) is 0 Å². The molecule has 0 aliphatic heterocycles. The molecule has 0 spiro atoms. The quantitative estimate of drug-likeness (QED) is 0.713. The minimum absolute atomic E-state index is 0.248. The number of hydrogen-bond acceptors (Lipinski definition) is 4. The van der Waals surface area contributed by atoms with Gasteiger partial charge in [0.25, 0.3) is 0 Å². The highest BCUT2D eigenvalue weighted by molar-refractivity contribution is 7.88. The van der Waals surface area contributed by atoms with Gasteiger partial charge in [-0.15, -0.1) is 0 Å². The van der Waals surface area contributed by atoms with Crippen LogP contribution in [-0.4, -0.2) is 45.1 Å². The van der Waals surface area contributed by atoms with E-state index in [0.29, 0.717) is 6.42 Å². The first-order valence-corrected chi connectivity index (χ1v) is 7.34. The van der Waals surface area contributed by atoms with E-state index < -0.39 is 16.0 Å². The minimum Gasteiger partial charge on any atom is -0.468 e. The van der Waals surface area contributed by atoms with E-state index in [1.165, 1.54) is 7.11 Å². The summed E-state index contributed by atoms with van der Waals surface area (Å²) in [4.78, 5) is 11.2. The lowest BCUT2D eigenvalue weighted by atomic mass is 10.1. The fourth-order valence-electron chi connectivity index (χ4n) is 1.47. The van der Waals surface area contributed by atoms with E-state index >= 15 is 0 Å². The van der Waals surface area contributed by atoms with Crippen molar-refractivity contribution in [3.63, 3.8) is 0 Å². The third kappa shape index (κ3) is 4.85. The second-order valence-electron chi connectivity index (χ2n) is 3.91. The lowest BCUT2D eigenvalue weighted by molar-refractivity contribution is -0.140. The second kappa shape index (κ2) is 6.51. The van der Waals surface area contributed by atoms with Gasteiger partial charge in [-0.1, -0.05) is 30.3 Å². The van der Waals surface area contributed by atoms with Crippen LogP contribution in [0.4, 0.5) is 0 Å². The molecule has 0 aliphatic carbocycles. The molecule has 0 radical (unpaired) electrons. The van der Waals surface area contributed by atoms with E-state index in [-0.39, 0.29) is 13.1 Å². The summed E-state index contributed by atoms with van der Waals surface area (Å²) in [5.74, 6) is -0.562. The summed E-state index contributed by atoms with van der Waals surface area (Å²) in [6.07, 6.45) is 1.64. The van der Waals surface area contributed by atoms with Gasteiger partial charge in [-0.05, 0) is 12.0 Å². The number of hydrogen-bond donors (Lipinski definition) is 0. The van der Waals surface area contributed by atoms with E-state index in [4.69, 9.17) is 0 Å². The van der Waals surface area contributed by atoms with Crippen LogP contribution in [0.3, 0.4) is 0 Å². The van der Waals surface area contributed by atoms with Gasteiger partial charge in [-0.3, -0.25) is 4.79 Å². The fraction of sp³-hybridized carbons (Fsp3) is 0.417. The summed E-state index contributed by atoms with van der Waals surface area (Å²) in [6, 6.07) is 9.50. The fourth-order valence-corrected chi connectivity index (χ4v) is 2.23. The molecular weight excluding hydrogens is 254 g/mol. The molecular formula is C12H17NO4S. The van der Waals surface area contributed by atoms with Crippen molar-refractivity contribution in [2.24, 2.45) is 0 Å². The van der Waals surface area contributed by atoms with Crippen molar-refractivity contribution in [1.82, 2.24) is 4.31 Å². The number of sulfonamides is 1. The Kier molecular flexibility index (Phi) is 5.30. The number of esters is 1. The first-order valence-electron chi connectivity index (χ1n) is 5.49. The van der Waals surface area contributed by atoms with E-state index in [9.17, 15) is 13.2 Å². The standard InChI is InChI=1S/C12H17NO4S/c1-17-12(14)10-13(18(2,15)16)9-8-11-6-4-3-5-7-11/h3-7H,8-10H2,1-2H3. The summed E-state index contributed by atoms with van der Waals surface area (Å²) < 4.78 is 28.6. The SMILES string of the molecule is COC(=O)CN(CCc1ccccc1)S(C)(=O)=O. The molecule has 0 unspecified atom stereocenters. The first kappa shape index (κ1) is 14.7. The van der Waals surface area contributed by atoms with Crippen molar-refractivity contribution in [1.29, 1.82) is 0 Å². The third-order valence-electron chi connectivity index (χ3n) is 2.49. The molecule has 1 rings (SSSR count). The molecule has 18 heavy (non-hydrogen) atoms. The molecule has 0 amide bonds. The van der Waals surface area contributed by atoms with Gasteiger partial charge in [0.2, 0.25) is 10.0 Å². The summed E-state index contributed by atoms with van der Waals surface area (Å²) in [5, 5.41) is 0. The predicted octanol–water partition coefficient (Wildman–Crippen LogP) is 0.664. The number of methoxy groups -OCH3 is 1. The average Bonchev–Trinajstić information content (AvgIpc) is 2.34. The second-order valence-corrected chi connectivity index (χ2v) is 5.89. The Morgan fingerprint density at radius 3 is 2.39 bits per heavy atom. The van der Waals surface area contributed by atoms with Crippen molar-refractivity contribution in [3.05, 3.63) is 35.9 Å². The van der Waals surface area contributed by atoms with Crippen molar-refractivity contribution in [2.45, 2.75) is 6.42 Å². The van der Waals surface area contributed by atoms with E-state index in [0.717, 1.165) is 16.1 Å². The Hall–Kier alpha value is -1.40. The molecule has 100 valence electrons. The van der Waals surface area contributed by atoms with Crippen LogP contribution in [0.25, 0.3) is 0 Å². The third-order valence-corrected chi connectivity index (χ3v) is 3.74. The van der Waals surface area contributed by atoms with Gasteiger partial charge in [0, 0.05) is 6.54 Å². The molecule has 1 aromatic carbocycles. The van der Waals surface area contributed by atoms with Crippen LogP contribution in [0.1, 0.15) is 5.56 Å². The summed E-state index contributed by atoms with van der Waals surface area (Å²) in [7, 11) is -2.17. The molecule has 5 nitrogen and oxygen atoms in total. The first-order chi connectivity index (χ1) is 8.43. The molecule has 0 N–H and O–H groups in total. The molecule has 0 atom stereocenters. The molecule has 0 fully saturated rings.